The summed E-state index contributed by atoms with van der Waals surface area (Å²) in [6, 6.07) is 1.73. The molecule has 2 rings (SSSR count). The highest BCUT2D eigenvalue weighted by Crippen LogP contribution is 2.09. The fourth-order valence-electron chi connectivity index (χ4n) is 1.30. The van der Waals surface area contributed by atoms with E-state index in [4.69, 9.17) is 18.0 Å². The van der Waals surface area contributed by atoms with Crippen LogP contribution < -0.4 is 11.1 Å². The first-order chi connectivity index (χ1) is 8.27. The lowest BCUT2D eigenvalue weighted by molar-refractivity contribution is 0.608. The predicted molar refractivity (Wildman–Crippen MR) is 66.4 cm³/mol. The average Bonchev–Trinajstić information content (AvgIpc) is 2.82. The van der Waals surface area contributed by atoms with Gasteiger partial charge < -0.3 is 11.1 Å². The largest absolute Gasteiger partial charge is 0.389 e. The van der Waals surface area contributed by atoms with Crippen LogP contribution in [0.15, 0.2) is 24.7 Å². The Morgan fingerprint density at radius 1 is 1.41 bits per heavy atom. The van der Waals surface area contributed by atoms with Crippen LogP contribution in [0.2, 0.25) is 0 Å². The first kappa shape index (κ1) is 11.4. The van der Waals surface area contributed by atoms with Gasteiger partial charge in [-0.3, -0.25) is 4.68 Å². The number of rotatable bonds is 5. The van der Waals surface area contributed by atoms with Crippen molar-refractivity contribution in [2.24, 2.45) is 5.73 Å². The van der Waals surface area contributed by atoms with Crippen molar-refractivity contribution < 1.29 is 0 Å². The maximum atomic E-state index is 5.58. The van der Waals surface area contributed by atoms with Crippen LogP contribution in [-0.4, -0.2) is 36.7 Å². The van der Waals surface area contributed by atoms with Crippen LogP contribution in [0.25, 0.3) is 0 Å². The molecule has 17 heavy (non-hydrogen) atoms. The molecule has 8 heteroatoms. The van der Waals surface area contributed by atoms with Crippen molar-refractivity contribution in [3.8, 4) is 0 Å². The number of anilines is 1. The molecule has 0 atom stereocenters. The van der Waals surface area contributed by atoms with Crippen LogP contribution in [0.3, 0.4) is 0 Å². The minimum absolute atomic E-state index is 0.295. The van der Waals surface area contributed by atoms with Gasteiger partial charge in [0, 0.05) is 12.7 Å². The number of nitrogens with two attached hydrogens (primary N) is 1. The van der Waals surface area contributed by atoms with Crippen molar-refractivity contribution in [2.45, 2.75) is 6.54 Å². The zero-order chi connectivity index (χ0) is 12.1. The lowest BCUT2D eigenvalue weighted by Crippen LogP contribution is -2.17. The third-order valence-corrected chi connectivity index (χ3v) is 2.31. The molecule has 0 aliphatic carbocycles. The van der Waals surface area contributed by atoms with E-state index in [2.05, 4.69) is 25.8 Å². The van der Waals surface area contributed by atoms with Crippen molar-refractivity contribution in [3.63, 3.8) is 0 Å². The summed E-state index contributed by atoms with van der Waals surface area (Å²) in [6.07, 6.45) is 4.96. The number of aromatic nitrogens is 5. The number of nitrogens with zero attached hydrogens (tertiary/aromatic N) is 5. The topological polar surface area (TPSA) is 94.5 Å². The van der Waals surface area contributed by atoms with E-state index in [-0.39, 0.29) is 0 Å². The molecule has 88 valence electrons. The molecule has 0 saturated heterocycles. The standard InChI is InChI=1S/C9H11N7S/c10-8(17)7-1-2-12-14-9(7)11-3-5-16-6-4-13-15-16/h1-2,4,6H,3,5H2,(H2,10,17)(H,11,14). The van der Waals surface area contributed by atoms with Gasteiger partial charge in [0.15, 0.2) is 5.82 Å². The monoisotopic (exact) mass is 249 g/mol. The van der Waals surface area contributed by atoms with Crippen molar-refractivity contribution >= 4 is 23.0 Å². The van der Waals surface area contributed by atoms with Gasteiger partial charge in [0.2, 0.25) is 0 Å². The summed E-state index contributed by atoms with van der Waals surface area (Å²) in [5.74, 6) is 0.583. The molecule has 0 aliphatic heterocycles. The molecule has 2 heterocycles. The summed E-state index contributed by atoms with van der Waals surface area (Å²) in [7, 11) is 0. The highest BCUT2D eigenvalue weighted by Gasteiger charge is 2.05. The molecule has 7 nitrogen and oxygen atoms in total. The van der Waals surface area contributed by atoms with Crippen LogP contribution in [0.4, 0.5) is 5.82 Å². The van der Waals surface area contributed by atoms with E-state index >= 15 is 0 Å². The summed E-state index contributed by atoms with van der Waals surface area (Å²) < 4.78 is 1.71. The third kappa shape index (κ3) is 2.94. The number of hydrogen-bond acceptors (Lipinski definition) is 6. The molecule has 0 saturated carbocycles. The fourth-order valence-corrected chi connectivity index (χ4v) is 1.47. The Balaban J connectivity index is 1.97. The van der Waals surface area contributed by atoms with Gasteiger partial charge in [0.1, 0.15) is 4.99 Å². The highest BCUT2D eigenvalue weighted by molar-refractivity contribution is 7.80. The van der Waals surface area contributed by atoms with Crippen molar-refractivity contribution in [3.05, 3.63) is 30.2 Å². The van der Waals surface area contributed by atoms with Gasteiger partial charge in [-0.2, -0.15) is 5.10 Å². The number of hydrogen-bond donors (Lipinski definition) is 2. The van der Waals surface area contributed by atoms with Gasteiger partial charge >= 0.3 is 0 Å². The maximum absolute atomic E-state index is 5.58. The Hall–Kier alpha value is -2.09. The van der Waals surface area contributed by atoms with Gasteiger partial charge in [-0.1, -0.05) is 17.4 Å². The quantitative estimate of drug-likeness (QED) is 0.709. The van der Waals surface area contributed by atoms with E-state index in [1.807, 2.05) is 0 Å². The number of nitrogens with one attached hydrogen (secondary N) is 1. The second kappa shape index (κ2) is 5.30. The molecule has 2 aromatic rings. The van der Waals surface area contributed by atoms with Gasteiger partial charge in [0.05, 0.1) is 24.5 Å². The van der Waals surface area contributed by atoms with Crippen LogP contribution in [0.5, 0.6) is 0 Å². The summed E-state index contributed by atoms with van der Waals surface area (Å²) in [5.41, 5.74) is 6.27. The lowest BCUT2D eigenvalue weighted by atomic mass is 10.3. The molecule has 0 radical (unpaired) electrons. The van der Waals surface area contributed by atoms with Gasteiger partial charge in [-0.25, -0.2) is 0 Å². The maximum Gasteiger partial charge on any atom is 0.159 e. The predicted octanol–water partition coefficient (Wildman–Crippen LogP) is -0.186. The summed E-state index contributed by atoms with van der Waals surface area (Å²) in [5, 5.41) is 18.4. The molecular formula is C9H11N7S. The molecule has 2 aromatic heterocycles. The van der Waals surface area contributed by atoms with Crippen molar-refractivity contribution in [1.29, 1.82) is 0 Å². The smallest absolute Gasteiger partial charge is 0.159 e. The Labute approximate surface area is 103 Å². The molecule has 0 amide bonds. The Morgan fingerprint density at radius 3 is 3.00 bits per heavy atom. The van der Waals surface area contributed by atoms with Gasteiger partial charge in [-0.15, -0.1) is 10.2 Å². The molecule has 0 aromatic carbocycles. The first-order valence-electron chi connectivity index (χ1n) is 4.97. The molecule has 0 spiro atoms. The molecule has 0 fully saturated rings. The Kier molecular flexibility index (Phi) is 3.55. The van der Waals surface area contributed by atoms with E-state index in [0.717, 1.165) is 0 Å². The third-order valence-electron chi connectivity index (χ3n) is 2.09. The number of thiocarbonyl (C=S) groups is 1. The second-order valence-corrected chi connectivity index (χ2v) is 3.69. The van der Waals surface area contributed by atoms with Crippen LogP contribution in [0.1, 0.15) is 5.56 Å². The van der Waals surface area contributed by atoms with E-state index in [1.54, 1.807) is 29.3 Å². The SMILES string of the molecule is NC(=S)c1ccnnc1NCCn1ccnn1. The Morgan fingerprint density at radius 2 is 2.29 bits per heavy atom. The molecule has 3 N–H and O–H groups in total. The second-order valence-electron chi connectivity index (χ2n) is 3.25. The molecule has 0 unspecified atom stereocenters. The summed E-state index contributed by atoms with van der Waals surface area (Å²) in [6.45, 7) is 1.31. The highest BCUT2D eigenvalue weighted by atomic mass is 32.1. The molecular weight excluding hydrogens is 238 g/mol. The zero-order valence-corrected chi connectivity index (χ0v) is 9.76. The summed E-state index contributed by atoms with van der Waals surface area (Å²) >= 11 is 4.92. The fraction of sp³-hybridized carbons (Fsp3) is 0.222. The van der Waals surface area contributed by atoms with E-state index in [0.29, 0.717) is 29.5 Å². The van der Waals surface area contributed by atoms with Crippen molar-refractivity contribution in [2.75, 3.05) is 11.9 Å². The summed E-state index contributed by atoms with van der Waals surface area (Å²) in [4.78, 5) is 0.295. The zero-order valence-electron chi connectivity index (χ0n) is 8.95. The Bertz CT molecular complexity index is 496. The van der Waals surface area contributed by atoms with Crippen LogP contribution in [-0.2, 0) is 6.54 Å². The molecule has 0 aliphatic rings. The minimum Gasteiger partial charge on any atom is -0.389 e. The van der Waals surface area contributed by atoms with Gasteiger partial charge in [0.25, 0.3) is 0 Å². The van der Waals surface area contributed by atoms with Gasteiger partial charge in [-0.05, 0) is 6.07 Å². The molecule has 0 bridgehead atoms. The van der Waals surface area contributed by atoms with E-state index in [9.17, 15) is 0 Å². The first-order valence-corrected chi connectivity index (χ1v) is 5.37. The average molecular weight is 249 g/mol. The van der Waals surface area contributed by atoms with Crippen LogP contribution in [0, 0.1) is 0 Å². The van der Waals surface area contributed by atoms with E-state index < -0.39 is 0 Å². The van der Waals surface area contributed by atoms with Crippen LogP contribution >= 0.6 is 12.2 Å². The minimum atomic E-state index is 0.295. The lowest BCUT2D eigenvalue weighted by Gasteiger charge is -2.08. The van der Waals surface area contributed by atoms with E-state index in [1.165, 1.54) is 0 Å². The normalized spacial score (nSPS) is 10.1. The van der Waals surface area contributed by atoms with Crippen molar-refractivity contribution in [1.82, 2.24) is 25.2 Å².